The zero-order valence-electron chi connectivity index (χ0n) is 12.1. The van der Waals surface area contributed by atoms with Crippen LogP contribution in [0.25, 0.3) is 0 Å². The highest BCUT2D eigenvalue weighted by Gasteiger charge is 2.24. The van der Waals surface area contributed by atoms with Crippen molar-refractivity contribution in [1.82, 2.24) is 5.32 Å². The Balaban J connectivity index is 2.63. The van der Waals surface area contributed by atoms with Gasteiger partial charge in [-0.15, -0.1) is 0 Å². The van der Waals surface area contributed by atoms with Crippen molar-refractivity contribution in [1.29, 1.82) is 0 Å². The number of hydrogen-bond acceptors (Lipinski definition) is 4. The standard InChI is InChI=1S/C14H19BrClNO4/c1-14(2,3)21-13(20)17-7-10(18)12(19)11-8(15)5-4-6-9(11)16/h4-6,10,12,18-19H,7H2,1-3H3,(H,17,20). The minimum atomic E-state index is -1.23. The number of aliphatic hydroxyl groups is 2. The number of alkyl carbamates (subject to hydrolysis) is 1. The molecule has 0 aliphatic carbocycles. The molecule has 0 aliphatic heterocycles. The van der Waals surface area contributed by atoms with Gasteiger partial charge in [-0.05, 0) is 32.9 Å². The van der Waals surface area contributed by atoms with E-state index < -0.39 is 23.9 Å². The maximum atomic E-state index is 11.5. The Morgan fingerprint density at radius 1 is 1.43 bits per heavy atom. The summed E-state index contributed by atoms with van der Waals surface area (Å²) in [5, 5.41) is 22.8. The number of nitrogens with one attached hydrogen (secondary N) is 1. The average molecular weight is 381 g/mol. The lowest BCUT2D eigenvalue weighted by atomic mass is 10.0. The molecule has 0 aromatic heterocycles. The summed E-state index contributed by atoms with van der Waals surface area (Å²) < 4.78 is 5.63. The van der Waals surface area contributed by atoms with Gasteiger partial charge in [-0.2, -0.15) is 0 Å². The van der Waals surface area contributed by atoms with Gasteiger partial charge in [0.25, 0.3) is 0 Å². The van der Waals surface area contributed by atoms with E-state index in [4.69, 9.17) is 16.3 Å². The Hall–Kier alpha value is -0.820. The van der Waals surface area contributed by atoms with Gasteiger partial charge in [0.15, 0.2) is 0 Å². The van der Waals surface area contributed by atoms with Crippen molar-refractivity contribution in [3.8, 4) is 0 Å². The maximum absolute atomic E-state index is 11.5. The zero-order valence-corrected chi connectivity index (χ0v) is 14.4. The summed E-state index contributed by atoms with van der Waals surface area (Å²) in [6.45, 7) is 5.05. The first-order valence-corrected chi connectivity index (χ1v) is 7.56. The molecule has 0 bridgehead atoms. The van der Waals surface area contributed by atoms with Gasteiger partial charge in [0.2, 0.25) is 0 Å². The van der Waals surface area contributed by atoms with Crippen molar-refractivity contribution in [2.24, 2.45) is 0 Å². The Morgan fingerprint density at radius 3 is 2.57 bits per heavy atom. The van der Waals surface area contributed by atoms with Crippen LogP contribution < -0.4 is 5.32 Å². The molecule has 7 heteroatoms. The summed E-state index contributed by atoms with van der Waals surface area (Å²) in [6, 6.07) is 5.03. The first-order valence-electron chi connectivity index (χ1n) is 6.38. The van der Waals surface area contributed by atoms with E-state index in [2.05, 4.69) is 21.2 Å². The van der Waals surface area contributed by atoms with E-state index in [0.717, 1.165) is 0 Å². The van der Waals surface area contributed by atoms with Crippen LogP contribution in [0.15, 0.2) is 22.7 Å². The summed E-state index contributed by atoms with van der Waals surface area (Å²) in [6.07, 6.45) is -3.11. The minimum Gasteiger partial charge on any atom is -0.444 e. The molecule has 0 spiro atoms. The zero-order chi connectivity index (χ0) is 16.2. The van der Waals surface area contributed by atoms with Crippen molar-refractivity contribution in [2.75, 3.05) is 6.54 Å². The van der Waals surface area contributed by atoms with Gasteiger partial charge in [-0.3, -0.25) is 0 Å². The van der Waals surface area contributed by atoms with Crippen molar-refractivity contribution >= 4 is 33.6 Å². The third-order valence-electron chi connectivity index (χ3n) is 2.51. The maximum Gasteiger partial charge on any atom is 0.407 e. The number of halogens is 2. The average Bonchev–Trinajstić information content (AvgIpc) is 2.33. The number of carbonyl (C=O) groups is 1. The largest absolute Gasteiger partial charge is 0.444 e. The van der Waals surface area contributed by atoms with Crippen molar-refractivity contribution in [2.45, 2.75) is 38.6 Å². The van der Waals surface area contributed by atoms with Crippen LogP contribution in [0.5, 0.6) is 0 Å². The molecular weight excluding hydrogens is 362 g/mol. The Bertz CT molecular complexity index is 484. The van der Waals surface area contributed by atoms with Gasteiger partial charge >= 0.3 is 6.09 Å². The first kappa shape index (κ1) is 18.2. The molecule has 1 amide bonds. The topological polar surface area (TPSA) is 78.8 Å². The van der Waals surface area contributed by atoms with E-state index in [1.807, 2.05) is 0 Å². The normalized spacial score (nSPS) is 14.4. The molecule has 1 aromatic carbocycles. The SMILES string of the molecule is CC(C)(C)OC(=O)NCC(O)C(O)c1c(Cl)cccc1Br. The number of rotatable bonds is 4. The van der Waals surface area contributed by atoms with Gasteiger partial charge < -0.3 is 20.3 Å². The van der Waals surface area contributed by atoms with Gasteiger partial charge in [0.1, 0.15) is 17.8 Å². The van der Waals surface area contributed by atoms with E-state index in [0.29, 0.717) is 15.1 Å². The van der Waals surface area contributed by atoms with E-state index in [1.54, 1.807) is 39.0 Å². The summed E-state index contributed by atoms with van der Waals surface area (Å²) >= 11 is 9.27. The third kappa shape index (κ3) is 5.82. The van der Waals surface area contributed by atoms with E-state index >= 15 is 0 Å². The second-order valence-electron chi connectivity index (χ2n) is 5.53. The van der Waals surface area contributed by atoms with Crippen LogP contribution in [0, 0.1) is 0 Å². The summed E-state index contributed by atoms with van der Waals surface area (Å²) in [5.74, 6) is 0. The fourth-order valence-corrected chi connectivity index (χ4v) is 2.60. The highest BCUT2D eigenvalue weighted by Crippen LogP contribution is 2.32. The third-order valence-corrected chi connectivity index (χ3v) is 3.54. The molecule has 0 saturated heterocycles. The van der Waals surface area contributed by atoms with E-state index in [9.17, 15) is 15.0 Å². The Labute approximate surface area is 137 Å². The van der Waals surface area contributed by atoms with Crippen LogP contribution in [0.3, 0.4) is 0 Å². The predicted octanol–water partition coefficient (Wildman–Crippen LogP) is 3.02. The molecule has 1 aromatic rings. The number of hydrogen-bond donors (Lipinski definition) is 3. The van der Waals surface area contributed by atoms with Crippen LogP contribution in [-0.2, 0) is 4.74 Å². The fourth-order valence-electron chi connectivity index (χ4n) is 1.60. The second-order valence-corrected chi connectivity index (χ2v) is 6.79. The molecule has 1 rings (SSSR count). The van der Waals surface area contributed by atoms with Crippen LogP contribution >= 0.6 is 27.5 Å². The minimum absolute atomic E-state index is 0.159. The number of ether oxygens (including phenoxy) is 1. The second kappa shape index (κ2) is 7.45. The van der Waals surface area contributed by atoms with Crippen LogP contribution in [0.4, 0.5) is 4.79 Å². The van der Waals surface area contributed by atoms with Gasteiger partial charge in [0.05, 0.1) is 0 Å². The van der Waals surface area contributed by atoms with Crippen LogP contribution in [0.2, 0.25) is 5.02 Å². The lowest BCUT2D eigenvalue weighted by molar-refractivity contribution is 0.0126. The predicted molar refractivity (Wildman–Crippen MR) is 84.4 cm³/mol. The van der Waals surface area contributed by atoms with Gasteiger partial charge in [-0.1, -0.05) is 33.6 Å². The molecule has 3 N–H and O–H groups in total. The molecular formula is C14H19BrClNO4. The molecule has 5 nitrogen and oxygen atoms in total. The molecule has 2 atom stereocenters. The molecule has 0 saturated carbocycles. The van der Waals surface area contributed by atoms with Gasteiger partial charge in [-0.25, -0.2) is 4.79 Å². The Kier molecular flexibility index (Phi) is 6.46. The molecule has 21 heavy (non-hydrogen) atoms. The molecule has 0 heterocycles. The monoisotopic (exact) mass is 379 g/mol. The van der Waals surface area contributed by atoms with Gasteiger partial charge in [0, 0.05) is 21.6 Å². The van der Waals surface area contributed by atoms with Crippen molar-refractivity contribution in [3.63, 3.8) is 0 Å². The number of aliphatic hydroxyl groups excluding tert-OH is 2. The molecule has 0 aliphatic rings. The quantitative estimate of drug-likeness (QED) is 0.750. The molecule has 2 unspecified atom stereocenters. The number of amides is 1. The highest BCUT2D eigenvalue weighted by molar-refractivity contribution is 9.10. The van der Waals surface area contributed by atoms with Crippen molar-refractivity contribution < 1.29 is 19.7 Å². The Morgan fingerprint density at radius 2 is 2.05 bits per heavy atom. The number of benzene rings is 1. The fraction of sp³-hybridized carbons (Fsp3) is 0.500. The van der Waals surface area contributed by atoms with Crippen molar-refractivity contribution in [3.05, 3.63) is 33.3 Å². The lowest BCUT2D eigenvalue weighted by Gasteiger charge is -2.23. The summed E-state index contributed by atoms with van der Waals surface area (Å²) in [5.41, 5.74) is -0.253. The number of carbonyl (C=O) groups excluding carboxylic acids is 1. The molecule has 0 radical (unpaired) electrons. The smallest absolute Gasteiger partial charge is 0.407 e. The highest BCUT2D eigenvalue weighted by atomic mass is 79.9. The van der Waals surface area contributed by atoms with E-state index in [1.165, 1.54) is 0 Å². The van der Waals surface area contributed by atoms with Crippen LogP contribution in [-0.4, -0.2) is 34.6 Å². The summed E-state index contributed by atoms with van der Waals surface area (Å²) in [4.78, 5) is 11.5. The summed E-state index contributed by atoms with van der Waals surface area (Å²) in [7, 11) is 0. The molecule has 118 valence electrons. The van der Waals surface area contributed by atoms with Crippen LogP contribution in [0.1, 0.15) is 32.4 Å². The molecule has 0 fully saturated rings. The first-order chi connectivity index (χ1) is 9.61. The van der Waals surface area contributed by atoms with E-state index in [-0.39, 0.29) is 6.54 Å². The lowest BCUT2D eigenvalue weighted by Crippen LogP contribution is -2.39.